The van der Waals surface area contributed by atoms with Crippen molar-refractivity contribution in [3.05, 3.63) is 135 Å². The molecule has 2 aliphatic rings. The Morgan fingerprint density at radius 2 is 1.57 bits per heavy atom. The van der Waals surface area contributed by atoms with Crippen molar-refractivity contribution in [2.45, 2.75) is 70.2 Å². The fourth-order valence-electron chi connectivity index (χ4n) is 8.14. The second kappa shape index (κ2) is 14.5. The number of nitrogens with one attached hydrogen (secondary N) is 2. The molecule has 0 unspecified atom stereocenters. The van der Waals surface area contributed by atoms with Crippen molar-refractivity contribution in [1.29, 1.82) is 0 Å². The Labute approximate surface area is 306 Å². The first-order chi connectivity index (χ1) is 25.7. The predicted octanol–water partition coefficient (Wildman–Crippen LogP) is 6.00. The van der Waals surface area contributed by atoms with E-state index in [0.717, 1.165) is 53.8 Å². The third kappa shape index (κ3) is 7.14. The zero-order valence-electron chi connectivity index (χ0n) is 29.8. The van der Waals surface area contributed by atoms with Gasteiger partial charge in [-0.3, -0.25) is 24.0 Å². The normalized spacial score (nSPS) is 20.8. The molecule has 2 N–H and O–H groups in total. The van der Waals surface area contributed by atoms with Crippen LogP contribution in [-0.2, 0) is 6.54 Å². The third-order valence-electron chi connectivity index (χ3n) is 10.6. The Balaban J connectivity index is 1.04. The zero-order chi connectivity index (χ0) is 36.6. The number of piperazine rings is 1. The predicted molar refractivity (Wildman–Crippen MR) is 205 cm³/mol. The number of amides is 1. The van der Waals surface area contributed by atoms with Gasteiger partial charge in [0.25, 0.3) is 11.5 Å². The van der Waals surface area contributed by atoms with Gasteiger partial charge >= 0.3 is 5.69 Å². The van der Waals surface area contributed by atoms with Crippen LogP contribution in [0.3, 0.4) is 0 Å². The Bertz CT molecular complexity index is 2430. The van der Waals surface area contributed by atoms with E-state index in [-0.39, 0.29) is 23.0 Å². The molecule has 4 heterocycles. The highest BCUT2D eigenvalue weighted by Gasteiger charge is 2.29. The molecule has 1 saturated heterocycles. The molecule has 1 amide bonds. The molecule has 0 radical (unpaired) electrons. The van der Waals surface area contributed by atoms with E-state index in [1.54, 1.807) is 18.3 Å². The van der Waals surface area contributed by atoms with E-state index < -0.39 is 23.1 Å². The van der Waals surface area contributed by atoms with Crippen molar-refractivity contribution in [2.24, 2.45) is 0 Å². The summed E-state index contributed by atoms with van der Waals surface area (Å²) in [5.74, 6) is -0.914. The van der Waals surface area contributed by atoms with Crippen LogP contribution < -0.4 is 21.9 Å². The number of carbonyl (C=O) groups excluding carboxylic acids is 1. The van der Waals surface area contributed by atoms with Gasteiger partial charge in [0.15, 0.2) is 5.65 Å². The number of nitrogens with zero attached hydrogens (tertiary/aromatic N) is 5. The van der Waals surface area contributed by atoms with Gasteiger partial charge in [-0.15, -0.1) is 0 Å². The fraction of sp³-hybridized carbons (Fsp3) is 0.310. The first-order valence-corrected chi connectivity index (χ1v) is 18.4. The molecule has 53 heavy (non-hydrogen) atoms. The van der Waals surface area contributed by atoms with Crippen molar-refractivity contribution < 1.29 is 9.18 Å². The summed E-state index contributed by atoms with van der Waals surface area (Å²) >= 11 is 0. The molecule has 270 valence electrons. The third-order valence-corrected chi connectivity index (χ3v) is 10.6. The van der Waals surface area contributed by atoms with Crippen molar-refractivity contribution in [3.63, 3.8) is 0 Å². The maximum atomic E-state index is 14.6. The van der Waals surface area contributed by atoms with Gasteiger partial charge in [0.1, 0.15) is 11.5 Å². The first kappa shape index (κ1) is 34.6. The van der Waals surface area contributed by atoms with Gasteiger partial charge in [-0.1, -0.05) is 60.7 Å². The number of aromatic nitrogens is 4. The van der Waals surface area contributed by atoms with Crippen molar-refractivity contribution in [1.82, 2.24) is 34.6 Å². The number of hydrogen-bond acceptors (Lipinski definition) is 7. The molecule has 1 saturated carbocycles. The number of halogens is 1. The van der Waals surface area contributed by atoms with E-state index in [1.807, 2.05) is 42.5 Å². The fourth-order valence-corrected chi connectivity index (χ4v) is 8.14. The molecule has 2 atom stereocenters. The molecule has 3 aromatic heterocycles. The minimum Gasteiger partial charge on any atom is -0.348 e. The van der Waals surface area contributed by atoms with Crippen LogP contribution in [0.25, 0.3) is 38.6 Å². The van der Waals surface area contributed by atoms with Gasteiger partial charge in [0.2, 0.25) is 0 Å². The van der Waals surface area contributed by atoms with Crippen LogP contribution in [0.2, 0.25) is 0 Å². The summed E-state index contributed by atoms with van der Waals surface area (Å²) in [7, 11) is 0. The van der Waals surface area contributed by atoms with Crippen LogP contribution in [0, 0.1) is 5.82 Å². The van der Waals surface area contributed by atoms with Gasteiger partial charge in [-0.25, -0.2) is 18.7 Å². The highest BCUT2D eigenvalue weighted by molar-refractivity contribution is 5.96. The largest absolute Gasteiger partial charge is 0.348 e. The Kier molecular flexibility index (Phi) is 9.44. The number of rotatable bonds is 7. The molecule has 11 heteroatoms. The number of carbonyl (C=O) groups is 1. The summed E-state index contributed by atoms with van der Waals surface area (Å²) < 4.78 is 17.3. The first-order valence-electron chi connectivity index (χ1n) is 18.4. The summed E-state index contributed by atoms with van der Waals surface area (Å²) in [5.41, 5.74) is 2.99. The molecule has 1 aliphatic carbocycles. The minimum absolute atomic E-state index is 0.0358. The highest BCUT2D eigenvalue weighted by atomic mass is 19.1. The average Bonchev–Trinajstić information content (AvgIpc) is 3.15. The van der Waals surface area contributed by atoms with Crippen LogP contribution in [0.4, 0.5) is 4.39 Å². The van der Waals surface area contributed by atoms with Gasteiger partial charge in [0, 0.05) is 55.4 Å². The minimum atomic E-state index is -0.654. The SMILES string of the molecule is C[C@@H]1CN(Cc2ccc(-c3cccc(-n4c(=O)n(C5CCC(NC(=O)c6cc7ccccc7cn6)CC5)c(=O)c5cc(F)cnc54)c3)cc2)C[C@H](C)N1. The lowest BCUT2D eigenvalue weighted by Gasteiger charge is -2.36. The monoisotopic (exact) mass is 711 g/mol. The van der Waals surface area contributed by atoms with Crippen LogP contribution in [0.1, 0.15) is 61.6 Å². The molecule has 10 nitrogen and oxygen atoms in total. The van der Waals surface area contributed by atoms with Gasteiger partial charge in [-0.05, 0) is 85.9 Å². The van der Waals surface area contributed by atoms with Crippen LogP contribution in [0.5, 0.6) is 0 Å². The van der Waals surface area contributed by atoms with Crippen LogP contribution in [0.15, 0.2) is 107 Å². The number of fused-ring (bicyclic) bond motifs is 2. The van der Waals surface area contributed by atoms with E-state index in [9.17, 15) is 18.8 Å². The maximum Gasteiger partial charge on any atom is 0.337 e. The zero-order valence-corrected chi connectivity index (χ0v) is 29.8. The quantitative estimate of drug-likeness (QED) is 0.209. The summed E-state index contributed by atoms with van der Waals surface area (Å²) in [6.45, 7) is 7.29. The van der Waals surface area contributed by atoms with Gasteiger partial charge in [-0.2, -0.15) is 0 Å². The van der Waals surface area contributed by atoms with Gasteiger partial charge in [0.05, 0.1) is 17.3 Å². The van der Waals surface area contributed by atoms with E-state index in [0.29, 0.717) is 49.1 Å². The Morgan fingerprint density at radius 1 is 0.830 bits per heavy atom. The number of benzene rings is 3. The Morgan fingerprint density at radius 3 is 2.32 bits per heavy atom. The van der Waals surface area contributed by atoms with E-state index in [1.165, 1.54) is 14.7 Å². The van der Waals surface area contributed by atoms with Crippen LogP contribution >= 0.6 is 0 Å². The molecule has 1 aliphatic heterocycles. The molecule has 2 fully saturated rings. The van der Waals surface area contributed by atoms with E-state index in [2.05, 4.69) is 63.6 Å². The summed E-state index contributed by atoms with van der Waals surface area (Å²) in [6.07, 6.45) is 4.82. The Hall–Kier alpha value is -5.52. The topological polar surface area (TPSA) is 114 Å². The molecular formula is C42H42FN7O3. The molecule has 3 aromatic carbocycles. The summed E-state index contributed by atoms with van der Waals surface area (Å²) in [5, 5.41) is 8.59. The number of hydrogen-bond donors (Lipinski definition) is 2. The van der Waals surface area contributed by atoms with Crippen LogP contribution in [-0.4, -0.2) is 61.1 Å². The molecule has 0 bridgehead atoms. The smallest absolute Gasteiger partial charge is 0.337 e. The summed E-state index contributed by atoms with van der Waals surface area (Å²) in [4.78, 5) is 52.4. The maximum absolute atomic E-state index is 14.6. The lowest BCUT2D eigenvalue weighted by atomic mass is 9.90. The molecular weight excluding hydrogens is 670 g/mol. The van der Waals surface area contributed by atoms with Gasteiger partial charge < -0.3 is 10.6 Å². The lowest BCUT2D eigenvalue weighted by Crippen LogP contribution is -2.53. The molecule has 8 rings (SSSR count). The average molecular weight is 712 g/mol. The number of pyridine rings is 2. The second-order valence-electron chi connectivity index (χ2n) is 14.6. The lowest BCUT2D eigenvalue weighted by molar-refractivity contribution is 0.0917. The summed E-state index contributed by atoms with van der Waals surface area (Å²) in [6, 6.07) is 27.0. The molecule has 0 spiro atoms. The van der Waals surface area contributed by atoms with Crippen molar-refractivity contribution >= 4 is 27.7 Å². The second-order valence-corrected chi connectivity index (χ2v) is 14.6. The van der Waals surface area contributed by atoms with E-state index >= 15 is 0 Å². The van der Waals surface area contributed by atoms with Crippen molar-refractivity contribution in [3.8, 4) is 16.8 Å². The standard InChI is InChI=1S/C42H42FN7O3/c1-26-23-48(24-27(2)46-26)25-28-10-12-29(13-11-28)30-8-5-9-36(18-30)49-39-37(20-33(43)22-45-39)41(52)50(42(49)53)35-16-14-34(15-17-35)47-40(51)38-19-31-6-3-4-7-32(31)21-44-38/h3-13,18-22,26-27,34-35,46H,14-17,23-25H2,1-2H3,(H,47,51)/t26-,27+,34?,35?. The van der Waals surface area contributed by atoms with E-state index in [4.69, 9.17) is 0 Å². The molecule has 6 aromatic rings. The highest BCUT2D eigenvalue weighted by Crippen LogP contribution is 2.29. The van der Waals surface area contributed by atoms with Crippen molar-refractivity contribution in [2.75, 3.05) is 13.1 Å².